The molecule has 2 fully saturated rings. The first-order chi connectivity index (χ1) is 11.0. The molecule has 3 atom stereocenters. The number of piperidine rings is 1. The highest BCUT2D eigenvalue weighted by molar-refractivity contribution is 5.83. The number of nitrogens with zero attached hydrogens (tertiary/aromatic N) is 1. The van der Waals surface area contributed by atoms with E-state index < -0.39 is 46.7 Å². The zero-order chi connectivity index (χ0) is 17.9. The summed E-state index contributed by atoms with van der Waals surface area (Å²) in [7, 11) is 0. The number of carbonyl (C=O) groups excluding carboxylic acids is 1. The van der Waals surface area contributed by atoms with Gasteiger partial charge in [-0.1, -0.05) is 0 Å². The lowest BCUT2D eigenvalue weighted by molar-refractivity contribution is -0.142. The number of rotatable bonds is 2. The third kappa shape index (κ3) is 2.61. The molecule has 5 nitrogen and oxygen atoms in total. The Morgan fingerprint density at radius 2 is 2.00 bits per heavy atom. The van der Waals surface area contributed by atoms with E-state index in [1.807, 2.05) is 0 Å². The molecule has 2 unspecified atom stereocenters. The van der Waals surface area contributed by atoms with Crippen molar-refractivity contribution in [3.05, 3.63) is 35.4 Å². The van der Waals surface area contributed by atoms with Crippen LogP contribution in [0.4, 0.5) is 13.6 Å². The Bertz CT molecular complexity index is 715. The van der Waals surface area contributed by atoms with E-state index in [9.17, 15) is 23.5 Å². The first-order valence-corrected chi connectivity index (χ1v) is 7.73. The highest BCUT2D eigenvalue weighted by Gasteiger charge is 2.69. The zero-order valence-electron chi connectivity index (χ0n) is 13.7. The van der Waals surface area contributed by atoms with Crippen LogP contribution in [0.25, 0.3) is 0 Å². The molecule has 1 amide bonds. The van der Waals surface area contributed by atoms with Crippen LogP contribution in [0.3, 0.4) is 0 Å². The van der Waals surface area contributed by atoms with Crippen molar-refractivity contribution in [1.82, 2.24) is 4.90 Å². The normalized spacial score (nSPS) is 28.5. The Hall–Kier alpha value is -2.18. The van der Waals surface area contributed by atoms with Gasteiger partial charge in [-0.25, -0.2) is 18.4 Å². The van der Waals surface area contributed by atoms with Crippen LogP contribution in [0.5, 0.6) is 0 Å². The summed E-state index contributed by atoms with van der Waals surface area (Å²) in [5.41, 5.74) is -1.50. The van der Waals surface area contributed by atoms with Crippen molar-refractivity contribution in [3.63, 3.8) is 0 Å². The molecule has 2 aliphatic rings. The molecule has 0 radical (unpaired) electrons. The van der Waals surface area contributed by atoms with Crippen molar-refractivity contribution in [2.24, 2.45) is 5.92 Å². The van der Waals surface area contributed by atoms with Crippen molar-refractivity contribution in [2.75, 3.05) is 6.54 Å². The van der Waals surface area contributed by atoms with Crippen LogP contribution in [0.2, 0.25) is 0 Å². The van der Waals surface area contributed by atoms with Gasteiger partial charge in [0.05, 0.1) is 0 Å². The molecule has 7 heteroatoms. The number of fused-ring (bicyclic) bond motifs is 1. The molecule has 1 aromatic carbocycles. The highest BCUT2D eigenvalue weighted by Crippen LogP contribution is 2.62. The van der Waals surface area contributed by atoms with E-state index in [1.54, 1.807) is 20.8 Å². The van der Waals surface area contributed by atoms with Gasteiger partial charge in [0.1, 0.15) is 23.3 Å². The minimum atomic E-state index is -1.16. The van der Waals surface area contributed by atoms with E-state index >= 15 is 0 Å². The first-order valence-electron chi connectivity index (χ1n) is 7.73. The van der Waals surface area contributed by atoms with Crippen LogP contribution in [-0.4, -0.2) is 40.3 Å². The van der Waals surface area contributed by atoms with E-state index in [2.05, 4.69) is 0 Å². The van der Waals surface area contributed by atoms with Crippen LogP contribution in [0.15, 0.2) is 18.2 Å². The maximum Gasteiger partial charge on any atom is 0.411 e. The number of hydrogen-bond acceptors (Lipinski definition) is 3. The number of carbonyl (C=O) groups is 2. The van der Waals surface area contributed by atoms with Gasteiger partial charge >= 0.3 is 12.1 Å². The zero-order valence-corrected chi connectivity index (χ0v) is 13.7. The summed E-state index contributed by atoms with van der Waals surface area (Å²) in [6.07, 6.45) is -0.345. The predicted molar refractivity (Wildman–Crippen MR) is 80.5 cm³/mol. The Kier molecular flexibility index (Phi) is 3.58. The lowest BCUT2D eigenvalue weighted by Gasteiger charge is -2.29. The smallest absolute Gasteiger partial charge is 0.411 e. The molecule has 24 heavy (non-hydrogen) atoms. The molecule has 0 spiro atoms. The fraction of sp³-hybridized carbons (Fsp3) is 0.529. The molecular formula is C17H19F2NO4. The van der Waals surface area contributed by atoms with Gasteiger partial charge in [0.25, 0.3) is 0 Å². The lowest BCUT2D eigenvalue weighted by atomic mass is 9.93. The van der Waals surface area contributed by atoms with Gasteiger partial charge in [0.15, 0.2) is 0 Å². The second-order valence-electron chi connectivity index (χ2n) is 7.48. The van der Waals surface area contributed by atoms with Crippen molar-refractivity contribution >= 4 is 12.1 Å². The molecular weight excluding hydrogens is 320 g/mol. The van der Waals surface area contributed by atoms with Gasteiger partial charge in [-0.2, -0.15) is 0 Å². The summed E-state index contributed by atoms with van der Waals surface area (Å²) in [5, 5.41) is 9.50. The SMILES string of the molecule is CC(C)(C)OC(=O)N1C[C@@]2(c3cc(F)ccc3F)CC2C1C(=O)O. The van der Waals surface area contributed by atoms with E-state index in [0.717, 1.165) is 23.1 Å². The number of halogens is 2. The average molecular weight is 339 g/mol. The maximum atomic E-state index is 14.2. The van der Waals surface area contributed by atoms with Crippen molar-refractivity contribution < 1.29 is 28.2 Å². The Morgan fingerprint density at radius 3 is 2.58 bits per heavy atom. The monoisotopic (exact) mass is 339 g/mol. The number of hydrogen-bond donors (Lipinski definition) is 1. The molecule has 1 aliphatic carbocycles. The summed E-state index contributed by atoms with van der Waals surface area (Å²) >= 11 is 0. The standard InChI is InChI=1S/C17H19F2NO4/c1-16(2,3)24-15(23)20-8-17(7-11(17)13(20)14(21)22)10-6-9(18)4-5-12(10)19/h4-6,11,13H,7-8H2,1-3H3,(H,21,22)/t11?,13?,17-/m1/s1. The second-order valence-corrected chi connectivity index (χ2v) is 7.48. The quantitative estimate of drug-likeness (QED) is 0.900. The number of amides is 1. The van der Waals surface area contributed by atoms with Crippen molar-refractivity contribution in [2.45, 2.75) is 44.2 Å². The van der Waals surface area contributed by atoms with E-state index in [0.29, 0.717) is 6.42 Å². The Labute approximate surface area is 138 Å². The van der Waals surface area contributed by atoms with Gasteiger partial charge in [0.2, 0.25) is 0 Å². The maximum absolute atomic E-state index is 14.2. The summed E-state index contributed by atoms with van der Waals surface area (Å²) < 4.78 is 33.0. The van der Waals surface area contributed by atoms with Gasteiger partial charge < -0.3 is 9.84 Å². The third-order valence-corrected chi connectivity index (χ3v) is 4.65. The molecule has 1 saturated heterocycles. The molecule has 1 aliphatic heterocycles. The topological polar surface area (TPSA) is 66.8 Å². The van der Waals surface area contributed by atoms with Crippen molar-refractivity contribution in [3.8, 4) is 0 Å². The average Bonchev–Trinajstić information content (AvgIpc) is 3.05. The van der Waals surface area contributed by atoms with Crippen LogP contribution in [0.1, 0.15) is 32.8 Å². The first kappa shape index (κ1) is 16.7. The molecule has 1 N–H and O–H groups in total. The highest BCUT2D eigenvalue weighted by atomic mass is 19.1. The van der Waals surface area contributed by atoms with E-state index in [-0.39, 0.29) is 12.1 Å². The van der Waals surface area contributed by atoms with Gasteiger partial charge in [-0.3, -0.25) is 4.90 Å². The van der Waals surface area contributed by atoms with Crippen LogP contribution >= 0.6 is 0 Å². The minimum absolute atomic E-state index is 0.00389. The van der Waals surface area contributed by atoms with Gasteiger partial charge in [0, 0.05) is 17.9 Å². The molecule has 0 bridgehead atoms. The predicted octanol–water partition coefficient (Wildman–Crippen LogP) is 2.93. The molecule has 1 saturated carbocycles. The fourth-order valence-electron chi connectivity index (χ4n) is 3.63. The number of carboxylic acid groups (broad SMARTS) is 1. The largest absolute Gasteiger partial charge is 0.480 e. The van der Waals surface area contributed by atoms with Gasteiger partial charge in [-0.05, 0) is 51.0 Å². The minimum Gasteiger partial charge on any atom is -0.480 e. The van der Waals surface area contributed by atoms with E-state index in [4.69, 9.17) is 4.74 Å². The van der Waals surface area contributed by atoms with Gasteiger partial charge in [-0.15, -0.1) is 0 Å². The molecule has 3 rings (SSSR count). The number of aliphatic carboxylic acids is 1. The van der Waals surface area contributed by atoms with E-state index in [1.165, 1.54) is 0 Å². The molecule has 0 aromatic heterocycles. The van der Waals surface area contributed by atoms with Crippen molar-refractivity contribution in [1.29, 1.82) is 0 Å². The lowest BCUT2D eigenvalue weighted by Crippen LogP contribution is -2.46. The fourth-order valence-corrected chi connectivity index (χ4v) is 3.63. The third-order valence-electron chi connectivity index (χ3n) is 4.65. The number of likely N-dealkylation sites (tertiary alicyclic amines) is 1. The summed E-state index contributed by atoms with van der Waals surface area (Å²) in [6.45, 7) is 5.04. The number of ether oxygens (including phenoxy) is 1. The summed E-state index contributed by atoms with van der Waals surface area (Å²) in [6, 6.07) is 2.04. The number of benzene rings is 1. The Morgan fingerprint density at radius 1 is 1.33 bits per heavy atom. The Balaban J connectivity index is 1.94. The van der Waals surface area contributed by atoms with Crippen LogP contribution < -0.4 is 0 Å². The van der Waals surface area contributed by atoms with Crippen LogP contribution in [0, 0.1) is 17.6 Å². The number of carboxylic acids is 1. The summed E-state index contributed by atoms with van der Waals surface area (Å²) in [5.74, 6) is -2.79. The van der Waals surface area contributed by atoms with Crippen LogP contribution in [-0.2, 0) is 14.9 Å². The molecule has 130 valence electrons. The second kappa shape index (κ2) is 5.16. The molecule has 1 aromatic rings. The molecule has 1 heterocycles. The summed E-state index contributed by atoms with van der Waals surface area (Å²) in [4.78, 5) is 25.1.